The predicted molar refractivity (Wildman–Crippen MR) is 74.7 cm³/mol. The van der Waals surface area contributed by atoms with Crippen LogP contribution in [0.1, 0.15) is 12.7 Å². The zero-order chi connectivity index (χ0) is 17.5. The lowest BCUT2D eigenvalue weighted by Crippen LogP contribution is -2.17. The number of ether oxygens (including phenoxy) is 1. The van der Waals surface area contributed by atoms with Crippen LogP contribution < -0.4 is 4.74 Å². The Hall–Kier alpha value is -2.71. The SMILES string of the molecule is CC(F)(F)c1ncc2ccc(-c3ccc(OC(F)(F)F)cc3)nn12. The van der Waals surface area contributed by atoms with Gasteiger partial charge >= 0.3 is 12.3 Å². The van der Waals surface area contributed by atoms with E-state index in [0.717, 1.165) is 16.6 Å². The van der Waals surface area contributed by atoms with E-state index >= 15 is 0 Å². The minimum Gasteiger partial charge on any atom is -0.406 e. The normalized spacial score (nSPS) is 12.6. The highest BCUT2D eigenvalue weighted by atomic mass is 19.4. The second-order valence-electron chi connectivity index (χ2n) is 5.10. The largest absolute Gasteiger partial charge is 0.573 e. The topological polar surface area (TPSA) is 39.4 Å². The molecular weight excluding hydrogens is 333 g/mol. The Morgan fingerprint density at radius 2 is 1.62 bits per heavy atom. The molecule has 1 aromatic carbocycles. The van der Waals surface area contributed by atoms with Gasteiger partial charge in [-0.05, 0) is 36.4 Å². The molecule has 0 aliphatic carbocycles. The maximum Gasteiger partial charge on any atom is 0.573 e. The van der Waals surface area contributed by atoms with E-state index in [-0.39, 0.29) is 5.75 Å². The van der Waals surface area contributed by atoms with Gasteiger partial charge in [-0.15, -0.1) is 13.2 Å². The number of hydrogen-bond acceptors (Lipinski definition) is 3. The Morgan fingerprint density at radius 1 is 0.958 bits per heavy atom. The number of rotatable bonds is 3. The number of alkyl halides is 5. The first-order chi connectivity index (χ1) is 11.1. The van der Waals surface area contributed by atoms with Gasteiger partial charge in [0, 0.05) is 12.5 Å². The van der Waals surface area contributed by atoms with Gasteiger partial charge in [0.1, 0.15) is 5.75 Å². The number of hydrogen-bond donors (Lipinski definition) is 0. The van der Waals surface area contributed by atoms with Crippen molar-refractivity contribution in [3.8, 4) is 17.0 Å². The molecule has 0 bridgehead atoms. The predicted octanol–water partition coefficient (Wildman–Crippen LogP) is 4.41. The maximum atomic E-state index is 13.5. The molecule has 0 N–H and O–H groups in total. The van der Waals surface area contributed by atoms with Crippen molar-refractivity contribution in [1.82, 2.24) is 14.6 Å². The molecule has 0 fully saturated rings. The van der Waals surface area contributed by atoms with E-state index in [9.17, 15) is 22.0 Å². The van der Waals surface area contributed by atoms with Crippen molar-refractivity contribution in [3.05, 3.63) is 48.4 Å². The van der Waals surface area contributed by atoms with Crippen molar-refractivity contribution < 1.29 is 26.7 Å². The van der Waals surface area contributed by atoms with Crippen LogP contribution in [0, 0.1) is 0 Å². The van der Waals surface area contributed by atoms with Gasteiger partial charge < -0.3 is 4.74 Å². The molecule has 0 unspecified atom stereocenters. The van der Waals surface area contributed by atoms with Crippen molar-refractivity contribution in [2.75, 3.05) is 0 Å². The summed E-state index contributed by atoms with van der Waals surface area (Å²) in [7, 11) is 0. The van der Waals surface area contributed by atoms with Gasteiger partial charge in [0.05, 0.1) is 17.4 Å². The van der Waals surface area contributed by atoms with Crippen molar-refractivity contribution in [2.24, 2.45) is 0 Å². The summed E-state index contributed by atoms with van der Waals surface area (Å²) in [6, 6.07) is 8.07. The van der Waals surface area contributed by atoms with Crippen molar-refractivity contribution in [3.63, 3.8) is 0 Å². The number of benzene rings is 1. The van der Waals surface area contributed by atoms with E-state index in [4.69, 9.17) is 0 Å². The van der Waals surface area contributed by atoms with Crippen LogP contribution in [0.15, 0.2) is 42.6 Å². The van der Waals surface area contributed by atoms with E-state index in [1.54, 1.807) is 12.1 Å². The second-order valence-corrected chi connectivity index (χ2v) is 5.10. The van der Waals surface area contributed by atoms with Crippen molar-refractivity contribution >= 4 is 5.52 Å². The van der Waals surface area contributed by atoms with Crippen LogP contribution in [0.3, 0.4) is 0 Å². The van der Waals surface area contributed by atoms with Crippen LogP contribution in [0.5, 0.6) is 5.75 Å². The fraction of sp³-hybridized carbons (Fsp3) is 0.200. The fourth-order valence-electron chi connectivity index (χ4n) is 2.16. The van der Waals surface area contributed by atoms with Gasteiger partial charge in [0.25, 0.3) is 0 Å². The molecule has 3 rings (SSSR count). The molecule has 0 aliphatic heterocycles. The highest BCUT2D eigenvalue weighted by Crippen LogP contribution is 2.28. The molecule has 0 atom stereocenters. The molecular formula is C15H10F5N3O. The molecule has 2 aromatic heterocycles. The molecule has 0 saturated heterocycles. The summed E-state index contributed by atoms with van der Waals surface area (Å²) in [6.07, 6.45) is -3.51. The van der Waals surface area contributed by atoms with Crippen LogP contribution in [0.25, 0.3) is 16.8 Å². The molecule has 9 heteroatoms. The second kappa shape index (κ2) is 5.43. The molecule has 0 radical (unpaired) electrons. The minimum absolute atomic E-state index is 0.310. The minimum atomic E-state index is -4.78. The third kappa shape index (κ3) is 3.29. The van der Waals surface area contributed by atoms with E-state index in [1.807, 2.05) is 0 Å². The summed E-state index contributed by atoms with van der Waals surface area (Å²) < 4.78 is 68.3. The smallest absolute Gasteiger partial charge is 0.406 e. The lowest BCUT2D eigenvalue weighted by Gasteiger charge is -2.10. The molecule has 0 amide bonds. The van der Waals surface area contributed by atoms with Gasteiger partial charge in [0.2, 0.25) is 0 Å². The molecule has 0 saturated carbocycles. The fourth-order valence-corrected chi connectivity index (χ4v) is 2.16. The standard InChI is InChI=1S/C15H10F5N3O/c1-14(16,17)13-21-8-10-4-7-12(22-23(10)13)9-2-5-11(6-3-9)24-15(18,19)20/h2-8H,1H3. The summed E-state index contributed by atoms with van der Waals surface area (Å²) in [5.74, 6) is -4.07. The van der Waals surface area contributed by atoms with Crippen LogP contribution >= 0.6 is 0 Å². The Bertz CT molecular complexity index is 865. The van der Waals surface area contributed by atoms with Crippen molar-refractivity contribution in [2.45, 2.75) is 19.2 Å². The van der Waals surface area contributed by atoms with Crippen LogP contribution in [0.4, 0.5) is 22.0 Å². The Labute approximate surface area is 132 Å². The van der Waals surface area contributed by atoms with E-state index in [2.05, 4.69) is 14.8 Å². The summed E-state index contributed by atoms with van der Waals surface area (Å²) in [5.41, 5.74) is 1.14. The zero-order valence-electron chi connectivity index (χ0n) is 12.2. The summed E-state index contributed by atoms with van der Waals surface area (Å²) in [5, 5.41) is 4.09. The molecule has 0 spiro atoms. The van der Waals surface area contributed by atoms with Crippen LogP contribution in [-0.2, 0) is 5.92 Å². The molecule has 4 nitrogen and oxygen atoms in total. The lowest BCUT2D eigenvalue weighted by atomic mass is 10.1. The average Bonchev–Trinajstić information content (AvgIpc) is 2.89. The number of halogens is 5. The van der Waals surface area contributed by atoms with Crippen LogP contribution in [-0.4, -0.2) is 21.0 Å². The monoisotopic (exact) mass is 343 g/mol. The Kier molecular flexibility index (Phi) is 3.66. The third-order valence-corrected chi connectivity index (χ3v) is 3.16. The molecule has 3 aromatic rings. The van der Waals surface area contributed by atoms with Gasteiger partial charge in [-0.2, -0.15) is 13.9 Å². The van der Waals surface area contributed by atoms with Crippen molar-refractivity contribution in [1.29, 1.82) is 0 Å². The highest BCUT2D eigenvalue weighted by molar-refractivity contribution is 5.62. The first-order valence-corrected chi connectivity index (χ1v) is 6.73. The van der Waals surface area contributed by atoms with Gasteiger partial charge in [-0.3, -0.25) is 0 Å². The van der Waals surface area contributed by atoms with Gasteiger partial charge in [0.15, 0.2) is 5.82 Å². The maximum absolute atomic E-state index is 13.5. The Balaban J connectivity index is 1.97. The van der Waals surface area contributed by atoms with Gasteiger partial charge in [-0.1, -0.05) is 0 Å². The number of imidazole rings is 1. The average molecular weight is 343 g/mol. The number of nitrogens with zero attached hydrogens (tertiary/aromatic N) is 3. The molecule has 0 aliphatic rings. The van der Waals surface area contributed by atoms with E-state index in [1.165, 1.54) is 18.3 Å². The Morgan fingerprint density at radius 3 is 2.21 bits per heavy atom. The van der Waals surface area contributed by atoms with E-state index in [0.29, 0.717) is 23.7 Å². The quantitative estimate of drug-likeness (QED) is 0.662. The highest BCUT2D eigenvalue weighted by Gasteiger charge is 2.31. The third-order valence-electron chi connectivity index (χ3n) is 3.16. The molecule has 24 heavy (non-hydrogen) atoms. The first-order valence-electron chi connectivity index (χ1n) is 6.73. The van der Waals surface area contributed by atoms with Gasteiger partial charge in [-0.25, -0.2) is 9.50 Å². The summed E-state index contributed by atoms with van der Waals surface area (Å²) >= 11 is 0. The molecule has 126 valence electrons. The van der Waals surface area contributed by atoms with E-state index < -0.39 is 18.1 Å². The molecule has 2 heterocycles. The summed E-state index contributed by atoms with van der Waals surface area (Å²) in [6.45, 7) is 0.708. The number of aromatic nitrogens is 3. The number of fused-ring (bicyclic) bond motifs is 1. The van der Waals surface area contributed by atoms with Crippen LogP contribution in [0.2, 0.25) is 0 Å². The first kappa shape index (κ1) is 16.2. The lowest BCUT2D eigenvalue weighted by molar-refractivity contribution is -0.274. The zero-order valence-corrected chi connectivity index (χ0v) is 12.2. The summed E-state index contributed by atoms with van der Waals surface area (Å²) in [4.78, 5) is 3.66.